The molecule has 0 saturated heterocycles. The highest BCUT2D eigenvalue weighted by Gasteiger charge is 2.21. The van der Waals surface area contributed by atoms with Gasteiger partial charge in [-0.15, -0.1) is 0 Å². The minimum Gasteiger partial charge on any atom is -0.340 e. The Morgan fingerprint density at radius 1 is 1.17 bits per heavy atom. The first-order valence-electron chi connectivity index (χ1n) is 7.44. The largest absolute Gasteiger partial charge is 0.340 e. The predicted octanol–water partition coefficient (Wildman–Crippen LogP) is 3.26. The number of benzene rings is 2. The van der Waals surface area contributed by atoms with Crippen LogP contribution < -0.4 is 5.32 Å². The summed E-state index contributed by atoms with van der Waals surface area (Å²) in [5, 5.41) is 2.92. The fourth-order valence-corrected chi connectivity index (χ4v) is 2.49. The van der Waals surface area contributed by atoms with Crippen LogP contribution in [-0.2, 0) is 11.3 Å². The molecule has 0 aliphatic rings. The Kier molecular flexibility index (Phi) is 5.93. The van der Waals surface area contributed by atoms with Gasteiger partial charge in [-0.05, 0) is 25.1 Å². The number of hydrogen-bond acceptors (Lipinski definition) is 2. The van der Waals surface area contributed by atoms with Crippen molar-refractivity contribution < 1.29 is 14.0 Å². The summed E-state index contributed by atoms with van der Waals surface area (Å²) in [6.07, 6.45) is 0. The van der Waals surface area contributed by atoms with Crippen LogP contribution in [0.1, 0.15) is 22.8 Å². The Hall–Kier alpha value is -2.40. The molecule has 1 N–H and O–H groups in total. The Morgan fingerprint density at radius 2 is 1.79 bits per heavy atom. The Balaban J connectivity index is 2.00. The molecule has 0 aliphatic carbocycles. The van der Waals surface area contributed by atoms with E-state index in [1.807, 2.05) is 0 Å². The average molecular weight is 349 g/mol. The molecular formula is C18H18ClFN2O2. The zero-order chi connectivity index (χ0) is 17.7. The minimum atomic E-state index is -0.759. The lowest BCUT2D eigenvalue weighted by molar-refractivity contribution is -0.132. The third-order valence-corrected chi connectivity index (χ3v) is 3.91. The fourth-order valence-electron chi connectivity index (χ4n) is 2.27. The van der Waals surface area contributed by atoms with Crippen LogP contribution in [0.25, 0.3) is 0 Å². The normalized spacial score (nSPS) is 11.7. The van der Waals surface area contributed by atoms with Gasteiger partial charge in [-0.1, -0.05) is 41.9 Å². The smallest absolute Gasteiger partial charge is 0.253 e. The summed E-state index contributed by atoms with van der Waals surface area (Å²) in [4.78, 5) is 25.9. The predicted molar refractivity (Wildman–Crippen MR) is 91.3 cm³/mol. The van der Waals surface area contributed by atoms with Crippen LogP contribution >= 0.6 is 11.6 Å². The highest BCUT2D eigenvalue weighted by molar-refractivity contribution is 6.33. The molecule has 24 heavy (non-hydrogen) atoms. The van der Waals surface area contributed by atoms with E-state index in [9.17, 15) is 14.0 Å². The highest BCUT2D eigenvalue weighted by Crippen LogP contribution is 2.15. The number of hydrogen-bond donors (Lipinski definition) is 1. The monoisotopic (exact) mass is 348 g/mol. The van der Waals surface area contributed by atoms with Crippen molar-refractivity contribution >= 4 is 23.4 Å². The summed E-state index contributed by atoms with van der Waals surface area (Å²) in [6, 6.07) is 12.1. The molecule has 0 bridgehead atoms. The second kappa shape index (κ2) is 7.93. The minimum absolute atomic E-state index is 0.123. The van der Waals surface area contributed by atoms with E-state index in [2.05, 4.69) is 5.32 Å². The van der Waals surface area contributed by atoms with Gasteiger partial charge in [-0.2, -0.15) is 0 Å². The number of likely N-dealkylation sites (N-methyl/N-ethyl adjacent to an activating group) is 1. The van der Waals surface area contributed by atoms with E-state index in [-0.39, 0.29) is 18.3 Å². The van der Waals surface area contributed by atoms with Gasteiger partial charge in [0.25, 0.3) is 5.91 Å². The molecule has 0 aliphatic heterocycles. The summed E-state index contributed by atoms with van der Waals surface area (Å²) >= 11 is 5.97. The molecule has 0 saturated carbocycles. The Labute approximate surface area is 145 Å². The molecule has 0 spiro atoms. The lowest BCUT2D eigenvalue weighted by Gasteiger charge is -2.22. The molecule has 0 fully saturated rings. The number of carbonyl (C=O) groups excluding carboxylic acids is 2. The summed E-state index contributed by atoms with van der Waals surface area (Å²) in [5.41, 5.74) is 0.716. The Bertz CT molecular complexity index is 751. The summed E-state index contributed by atoms with van der Waals surface area (Å²) < 4.78 is 13.7. The first-order valence-corrected chi connectivity index (χ1v) is 7.81. The van der Waals surface area contributed by atoms with E-state index in [1.54, 1.807) is 56.4 Å². The second-order valence-electron chi connectivity index (χ2n) is 5.46. The van der Waals surface area contributed by atoms with Gasteiger partial charge in [0.05, 0.1) is 10.6 Å². The SMILES string of the molecule is CC(NC(=O)c1ccccc1Cl)C(=O)N(C)Cc1ccccc1F. The fraction of sp³-hybridized carbons (Fsp3) is 0.222. The van der Waals surface area contributed by atoms with E-state index >= 15 is 0 Å². The van der Waals surface area contributed by atoms with Gasteiger partial charge in [0, 0.05) is 19.2 Å². The first-order chi connectivity index (χ1) is 11.4. The summed E-state index contributed by atoms with van der Waals surface area (Å²) in [6.45, 7) is 1.70. The topological polar surface area (TPSA) is 49.4 Å². The third-order valence-electron chi connectivity index (χ3n) is 3.58. The van der Waals surface area contributed by atoms with Gasteiger partial charge in [0.2, 0.25) is 5.91 Å². The van der Waals surface area contributed by atoms with E-state index < -0.39 is 11.9 Å². The van der Waals surface area contributed by atoms with Crippen molar-refractivity contribution in [1.82, 2.24) is 10.2 Å². The number of rotatable bonds is 5. The molecule has 2 amide bonds. The molecule has 0 radical (unpaired) electrons. The molecule has 6 heteroatoms. The van der Waals surface area contributed by atoms with Crippen molar-refractivity contribution in [2.24, 2.45) is 0 Å². The first kappa shape index (κ1) is 17.9. The summed E-state index contributed by atoms with van der Waals surface area (Å²) in [7, 11) is 1.56. The van der Waals surface area contributed by atoms with Crippen LogP contribution in [-0.4, -0.2) is 29.8 Å². The van der Waals surface area contributed by atoms with Gasteiger partial charge in [-0.3, -0.25) is 9.59 Å². The highest BCUT2D eigenvalue weighted by atomic mass is 35.5. The number of halogens is 2. The van der Waals surface area contributed by atoms with Crippen molar-refractivity contribution in [3.63, 3.8) is 0 Å². The molecule has 2 rings (SSSR count). The van der Waals surface area contributed by atoms with Crippen LogP contribution in [0.2, 0.25) is 5.02 Å². The van der Waals surface area contributed by atoms with Gasteiger partial charge in [-0.25, -0.2) is 4.39 Å². The number of nitrogens with one attached hydrogen (secondary N) is 1. The molecule has 1 unspecified atom stereocenters. The van der Waals surface area contributed by atoms with Gasteiger partial charge in [0.15, 0.2) is 0 Å². The van der Waals surface area contributed by atoms with E-state index in [0.717, 1.165) is 0 Å². The number of carbonyl (C=O) groups is 2. The number of nitrogens with zero attached hydrogens (tertiary/aromatic N) is 1. The van der Waals surface area contributed by atoms with Crippen molar-refractivity contribution in [2.45, 2.75) is 19.5 Å². The molecule has 2 aromatic rings. The van der Waals surface area contributed by atoms with Gasteiger partial charge >= 0.3 is 0 Å². The van der Waals surface area contributed by atoms with E-state index in [4.69, 9.17) is 11.6 Å². The van der Waals surface area contributed by atoms with Crippen LogP contribution in [0, 0.1) is 5.82 Å². The maximum absolute atomic E-state index is 13.7. The van der Waals surface area contributed by atoms with Crippen LogP contribution in [0.4, 0.5) is 4.39 Å². The number of amides is 2. The van der Waals surface area contributed by atoms with Gasteiger partial charge < -0.3 is 10.2 Å². The lowest BCUT2D eigenvalue weighted by Crippen LogP contribution is -2.45. The third kappa shape index (κ3) is 4.32. The van der Waals surface area contributed by atoms with E-state index in [0.29, 0.717) is 16.1 Å². The molecule has 1 atom stereocenters. The Morgan fingerprint density at radius 3 is 2.46 bits per heavy atom. The molecule has 0 heterocycles. The van der Waals surface area contributed by atoms with Crippen molar-refractivity contribution in [3.05, 3.63) is 70.5 Å². The maximum atomic E-state index is 13.7. The van der Waals surface area contributed by atoms with Crippen molar-refractivity contribution in [2.75, 3.05) is 7.05 Å². The van der Waals surface area contributed by atoms with Crippen molar-refractivity contribution in [3.8, 4) is 0 Å². The molecule has 2 aromatic carbocycles. The summed E-state index contributed by atoms with van der Waals surface area (Å²) in [5.74, 6) is -1.12. The maximum Gasteiger partial charge on any atom is 0.253 e. The second-order valence-corrected chi connectivity index (χ2v) is 5.87. The lowest BCUT2D eigenvalue weighted by atomic mass is 10.1. The van der Waals surface area contributed by atoms with E-state index in [1.165, 1.54) is 11.0 Å². The van der Waals surface area contributed by atoms with Gasteiger partial charge in [0.1, 0.15) is 11.9 Å². The zero-order valence-electron chi connectivity index (χ0n) is 13.4. The average Bonchev–Trinajstić information content (AvgIpc) is 2.56. The van der Waals surface area contributed by atoms with Crippen LogP contribution in [0.15, 0.2) is 48.5 Å². The van der Waals surface area contributed by atoms with Crippen LogP contribution in [0.3, 0.4) is 0 Å². The molecule has 126 valence electrons. The molecule has 0 aromatic heterocycles. The molecular weight excluding hydrogens is 331 g/mol. The quantitative estimate of drug-likeness (QED) is 0.901. The standard InChI is InChI=1S/C18H18ClFN2O2/c1-12(21-17(23)14-8-4-5-9-15(14)19)18(24)22(2)11-13-7-3-6-10-16(13)20/h3-10,12H,11H2,1-2H3,(H,21,23). The zero-order valence-corrected chi connectivity index (χ0v) is 14.2. The van der Waals surface area contributed by atoms with Crippen molar-refractivity contribution in [1.29, 1.82) is 0 Å². The molecule has 4 nitrogen and oxygen atoms in total. The van der Waals surface area contributed by atoms with Crippen LogP contribution in [0.5, 0.6) is 0 Å².